The third-order valence-electron chi connectivity index (χ3n) is 7.05. The third kappa shape index (κ3) is 3.59. The Balaban J connectivity index is 1.57. The van der Waals surface area contributed by atoms with Crippen LogP contribution in [0.4, 0.5) is 5.82 Å². The molecule has 7 nitrogen and oxygen atoms in total. The van der Waals surface area contributed by atoms with Gasteiger partial charge in [0.05, 0.1) is 10.5 Å². The van der Waals surface area contributed by atoms with Crippen LogP contribution in [0.1, 0.15) is 6.92 Å². The summed E-state index contributed by atoms with van der Waals surface area (Å²) in [4.78, 5) is 39.2. The first-order valence-electron chi connectivity index (χ1n) is 11.9. The molecular formula is C27H24ClN5O2S. The van der Waals surface area contributed by atoms with Crippen molar-refractivity contribution in [3.05, 3.63) is 70.9 Å². The van der Waals surface area contributed by atoms with E-state index >= 15 is 0 Å². The van der Waals surface area contributed by atoms with Crippen molar-refractivity contribution in [2.45, 2.75) is 24.4 Å². The number of carbonyl (C=O) groups is 1. The summed E-state index contributed by atoms with van der Waals surface area (Å²) in [5, 5.41) is 3.59. The van der Waals surface area contributed by atoms with Gasteiger partial charge >= 0.3 is 5.69 Å². The molecule has 1 fully saturated rings. The van der Waals surface area contributed by atoms with E-state index in [0.717, 1.165) is 43.5 Å². The quantitative estimate of drug-likeness (QED) is 0.370. The number of hydrogen-bond donors (Lipinski definition) is 0. The molecule has 4 heterocycles. The highest BCUT2D eigenvalue weighted by Gasteiger charge is 2.31. The van der Waals surface area contributed by atoms with Crippen molar-refractivity contribution in [2.24, 2.45) is 0 Å². The van der Waals surface area contributed by atoms with E-state index in [1.807, 2.05) is 37.4 Å². The number of carbonyl (C=O) groups excluding carboxylic acids is 1. The maximum atomic E-state index is 13.3. The van der Waals surface area contributed by atoms with Gasteiger partial charge in [-0.05, 0) is 36.1 Å². The highest BCUT2D eigenvalue weighted by atomic mass is 35.5. The van der Waals surface area contributed by atoms with E-state index in [0.29, 0.717) is 37.0 Å². The van der Waals surface area contributed by atoms with E-state index in [-0.39, 0.29) is 17.6 Å². The van der Waals surface area contributed by atoms with Gasteiger partial charge < -0.3 is 9.80 Å². The van der Waals surface area contributed by atoms with Crippen LogP contribution in [0.3, 0.4) is 0 Å². The van der Waals surface area contributed by atoms with Crippen LogP contribution in [0, 0.1) is 0 Å². The molecule has 4 aromatic rings. The fraction of sp³-hybridized carbons (Fsp3) is 0.259. The number of aryl methyl sites for hydroxylation is 1. The van der Waals surface area contributed by atoms with E-state index in [1.165, 1.54) is 6.08 Å². The fourth-order valence-corrected chi connectivity index (χ4v) is 6.92. The number of hydrogen-bond acceptors (Lipinski definition) is 6. The number of piperazine rings is 1. The van der Waals surface area contributed by atoms with Gasteiger partial charge in [0.2, 0.25) is 5.91 Å². The van der Waals surface area contributed by atoms with Crippen molar-refractivity contribution in [1.82, 2.24) is 19.4 Å². The standard InChI is InChI=1S/C27H24ClN5O2S/c1-3-22(34)31-9-10-32(16(2)15-31)26-20-13-21(28)23(19-6-4-5-17-14-29-8-7-18(17)19)25-24(20)33(11-12-36-25)27(35)30-26/h3-8,13-14,16H,1,9-12,15H2,2H3/t16-/m0/s1. The average Bonchev–Trinajstić information content (AvgIpc) is 2.90. The molecule has 9 heteroatoms. The predicted molar refractivity (Wildman–Crippen MR) is 146 cm³/mol. The minimum Gasteiger partial charge on any atom is -0.350 e. The average molecular weight is 518 g/mol. The van der Waals surface area contributed by atoms with Crippen molar-refractivity contribution < 1.29 is 4.79 Å². The molecule has 1 atom stereocenters. The van der Waals surface area contributed by atoms with Crippen molar-refractivity contribution >= 4 is 56.8 Å². The molecule has 2 aliphatic rings. The fourth-order valence-electron chi connectivity index (χ4n) is 5.36. The van der Waals surface area contributed by atoms with Crippen LogP contribution in [0.2, 0.25) is 5.02 Å². The molecule has 1 saturated heterocycles. The number of benzene rings is 2. The minimum atomic E-state index is -0.258. The lowest BCUT2D eigenvalue weighted by Gasteiger charge is -2.40. The van der Waals surface area contributed by atoms with Crippen molar-refractivity contribution in [2.75, 3.05) is 30.3 Å². The van der Waals surface area contributed by atoms with Crippen LogP contribution < -0.4 is 10.6 Å². The maximum absolute atomic E-state index is 13.3. The van der Waals surface area contributed by atoms with E-state index in [9.17, 15) is 9.59 Å². The van der Waals surface area contributed by atoms with Gasteiger partial charge in [-0.25, -0.2) is 4.79 Å². The number of halogens is 1. The zero-order chi connectivity index (χ0) is 25.0. The molecule has 6 rings (SSSR count). The zero-order valence-corrected chi connectivity index (χ0v) is 21.3. The first kappa shape index (κ1) is 23.1. The highest BCUT2D eigenvalue weighted by molar-refractivity contribution is 7.99. The smallest absolute Gasteiger partial charge is 0.350 e. The lowest BCUT2D eigenvalue weighted by atomic mass is 9.97. The molecule has 0 spiro atoms. The molecule has 182 valence electrons. The van der Waals surface area contributed by atoms with Crippen LogP contribution in [0.15, 0.2) is 65.1 Å². The molecule has 2 aromatic carbocycles. The Morgan fingerprint density at radius 2 is 2.08 bits per heavy atom. The SMILES string of the molecule is C=CC(=O)N1CCN(c2nc(=O)n3c4c(c(-c5cccc6cnccc56)c(Cl)cc24)SCC3)[C@@H](C)C1. The molecule has 0 radical (unpaired) electrons. The molecule has 2 aromatic heterocycles. The van der Waals surface area contributed by atoms with Crippen LogP contribution in [0.25, 0.3) is 32.8 Å². The largest absolute Gasteiger partial charge is 0.350 e. The summed E-state index contributed by atoms with van der Waals surface area (Å²) in [6, 6.07) is 10.1. The second-order valence-corrected chi connectivity index (χ2v) is 10.6. The summed E-state index contributed by atoms with van der Waals surface area (Å²) in [5.41, 5.74) is 2.58. The van der Waals surface area contributed by atoms with Gasteiger partial charge in [-0.3, -0.25) is 14.3 Å². The number of thioether (sulfide) groups is 1. The Bertz CT molecular complexity index is 1610. The number of pyridine rings is 1. The van der Waals surface area contributed by atoms with Gasteiger partial charge in [0, 0.05) is 71.6 Å². The highest BCUT2D eigenvalue weighted by Crippen LogP contribution is 2.47. The van der Waals surface area contributed by atoms with Gasteiger partial charge in [0.1, 0.15) is 5.82 Å². The van der Waals surface area contributed by atoms with Gasteiger partial charge in [0.25, 0.3) is 0 Å². The topological polar surface area (TPSA) is 71.3 Å². The number of aromatic nitrogens is 3. The zero-order valence-electron chi connectivity index (χ0n) is 19.8. The monoisotopic (exact) mass is 517 g/mol. The Hall–Kier alpha value is -3.36. The number of rotatable bonds is 3. The molecule has 36 heavy (non-hydrogen) atoms. The van der Waals surface area contributed by atoms with Crippen LogP contribution in [-0.4, -0.2) is 56.8 Å². The van der Waals surface area contributed by atoms with E-state index in [2.05, 4.69) is 27.5 Å². The number of fused-ring (bicyclic) bond motifs is 1. The molecule has 0 saturated carbocycles. The Morgan fingerprint density at radius 1 is 1.22 bits per heavy atom. The van der Waals surface area contributed by atoms with Crippen LogP contribution in [-0.2, 0) is 11.3 Å². The molecule has 0 bridgehead atoms. The van der Waals surface area contributed by atoms with Crippen molar-refractivity contribution in [3.63, 3.8) is 0 Å². The van der Waals surface area contributed by atoms with Crippen molar-refractivity contribution in [3.8, 4) is 11.1 Å². The lowest BCUT2D eigenvalue weighted by molar-refractivity contribution is -0.126. The van der Waals surface area contributed by atoms with E-state index in [4.69, 9.17) is 11.6 Å². The number of nitrogens with zero attached hydrogens (tertiary/aromatic N) is 5. The summed E-state index contributed by atoms with van der Waals surface area (Å²) in [7, 11) is 0. The summed E-state index contributed by atoms with van der Waals surface area (Å²) >= 11 is 8.77. The summed E-state index contributed by atoms with van der Waals surface area (Å²) < 4.78 is 1.78. The minimum absolute atomic E-state index is 0.0170. The molecular weight excluding hydrogens is 494 g/mol. The van der Waals surface area contributed by atoms with Crippen LogP contribution in [0.5, 0.6) is 0 Å². The Morgan fingerprint density at radius 3 is 2.89 bits per heavy atom. The first-order valence-corrected chi connectivity index (χ1v) is 13.2. The molecule has 0 aliphatic carbocycles. The summed E-state index contributed by atoms with van der Waals surface area (Å²) in [5.74, 6) is 1.31. The van der Waals surface area contributed by atoms with E-state index < -0.39 is 0 Å². The summed E-state index contributed by atoms with van der Waals surface area (Å²) in [6.45, 7) is 7.90. The normalized spacial score (nSPS) is 17.6. The van der Waals surface area contributed by atoms with E-state index in [1.54, 1.807) is 27.4 Å². The molecule has 2 aliphatic heterocycles. The Labute approximate surface area is 217 Å². The van der Waals surface area contributed by atoms with Gasteiger partial charge in [0.15, 0.2) is 0 Å². The molecule has 0 N–H and O–H groups in total. The van der Waals surface area contributed by atoms with Crippen LogP contribution >= 0.6 is 23.4 Å². The molecule has 0 unspecified atom stereocenters. The van der Waals surface area contributed by atoms with Gasteiger partial charge in [-0.2, -0.15) is 4.98 Å². The lowest BCUT2D eigenvalue weighted by Crippen LogP contribution is -2.54. The first-order chi connectivity index (χ1) is 17.5. The second kappa shape index (κ2) is 8.94. The molecule has 1 amide bonds. The van der Waals surface area contributed by atoms with Gasteiger partial charge in [-0.1, -0.05) is 36.4 Å². The van der Waals surface area contributed by atoms with Crippen molar-refractivity contribution in [1.29, 1.82) is 0 Å². The third-order valence-corrected chi connectivity index (χ3v) is 8.42. The maximum Gasteiger partial charge on any atom is 0.350 e. The summed E-state index contributed by atoms with van der Waals surface area (Å²) in [6.07, 6.45) is 4.98. The predicted octanol–water partition coefficient (Wildman–Crippen LogP) is 4.59. The number of anilines is 1. The van der Waals surface area contributed by atoms with Gasteiger partial charge in [-0.15, -0.1) is 11.8 Å². The Kier molecular flexibility index (Phi) is 5.73. The second-order valence-electron chi connectivity index (χ2n) is 9.11. The number of amides is 1.